The summed E-state index contributed by atoms with van der Waals surface area (Å²) in [5, 5.41) is 0.949. The molecule has 0 bridgehead atoms. The van der Waals surface area contributed by atoms with Crippen LogP contribution in [0, 0.1) is 0 Å². The van der Waals surface area contributed by atoms with Crippen molar-refractivity contribution in [3.8, 4) is 0 Å². The van der Waals surface area contributed by atoms with Crippen molar-refractivity contribution < 1.29 is 31.8 Å². The molecule has 0 spiro atoms. The van der Waals surface area contributed by atoms with E-state index in [9.17, 15) is 27.6 Å². The molecule has 0 atom stereocenters. The molecular formula is C21H19F3N2O4S. The molecule has 0 saturated heterocycles. The number of hydrogen-bond acceptors (Lipinski definition) is 5. The number of benzene rings is 2. The molecule has 0 radical (unpaired) electrons. The number of amides is 3. The highest BCUT2D eigenvalue weighted by Gasteiger charge is 2.39. The van der Waals surface area contributed by atoms with Gasteiger partial charge in [-0.15, -0.1) is 5.06 Å². The Morgan fingerprint density at radius 1 is 1.13 bits per heavy atom. The van der Waals surface area contributed by atoms with Gasteiger partial charge in [0.2, 0.25) is 5.91 Å². The number of halogens is 3. The fourth-order valence-electron chi connectivity index (χ4n) is 3.35. The second-order valence-electron chi connectivity index (χ2n) is 6.69. The number of carbonyl (C=O) groups is 3. The zero-order valence-corrected chi connectivity index (χ0v) is 17.5. The number of hydroxylamine groups is 2. The number of nitrogens with zero attached hydrogens (tertiary/aromatic N) is 2. The van der Waals surface area contributed by atoms with E-state index in [1.807, 2.05) is 13.8 Å². The highest BCUT2D eigenvalue weighted by atomic mass is 32.2. The van der Waals surface area contributed by atoms with Gasteiger partial charge in [0.25, 0.3) is 11.8 Å². The Kier molecular flexibility index (Phi) is 6.71. The van der Waals surface area contributed by atoms with Crippen LogP contribution < -0.4 is 0 Å². The zero-order valence-electron chi connectivity index (χ0n) is 16.7. The van der Waals surface area contributed by atoms with E-state index in [-0.39, 0.29) is 22.1 Å². The van der Waals surface area contributed by atoms with Crippen LogP contribution in [0.25, 0.3) is 16.8 Å². The summed E-state index contributed by atoms with van der Waals surface area (Å²) in [6.07, 6.45) is 3.84. The quantitative estimate of drug-likeness (QED) is 0.343. The molecule has 0 aliphatic carbocycles. The Bertz CT molecular complexity index is 1050. The lowest BCUT2D eigenvalue weighted by Crippen LogP contribution is -2.39. The molecule has 2 aromatic carbocycles. The average Bonchev–Trinajstić information content (AvgIpc) is 2.73. The summed E-state index contributed by atoms with van der Waals surface area (Å²) >= 11 is -0.934. The molecular weight excluding hydrogens is 433 g/mol. The van der Waals surface area contributed by atoms with Crippen molar-refractivity contribution in [3.63, 3.8) is 0 Å². The van der Waals surface area contributed by atoms with Crippen molar-refractivity contribution in [2.45, 2.75) is 25.8 Å². The van der Waals surface area contributed by atoms with E-state index in [2.05, 4.69) is 4.28 Å². The van der Waals surface area contributed by atoms with Gasteiger partial charge in [-0.25, -0.2) is 0 Å². The fraction of sp³-hybridized carbons (Fsp3) is 0.286. The third-order valence-corrected chi connectivity index (χ3v) is 5.12. The summed E-state index contributed by atoms with van der Waals surface area (Å²) in [7, 11) is 0. The Labute approximate surface area is 180 Å². The van der Waals surface area contributed by atoms with Gasteiger partial charge in [-0.2, -0.15) is 17.5 Å². The van der Waals surface area contributed by atoms with Gasteiger partial charge in [-0.05, 0) is 42.5 Å². The Morgan fingerprint density at radius 2 is 1.81 bits per heavy atom. The van der Waals surface area contributed by atoms with Crippen molar-refractivity contribution in [2.75, 3.05) is 13.1 Å². The summed E-state index contributed by atoms with van der Waals surface area (Å²) in [5.74, 6) is -2.14. The Balaban J connectivity index is 1.98. The molecule has 2 aromatic rings. The van der Waals surface area contributed by atoms with Crippen molar-refractivity contribution in [1.82, 2.24) is 9.96 Å². The minimum absolute atomic E-state index is 0.0395. The van der Waals surface area contributed by atoms with Crippen molar-refractivity contribution >= 4 is 46.6 Å². The second-order valence-corrected chi connectivity index (χ2v) is 7.47. The molecule has 1 aliphatic heterocycles. The van der Waals surface area contributed by atoms with E-state index in [0.717, 1.165) is 6.42 Å². The van der Waals surface area contributed by atoms with E-state index in [1.165, 1.54) is 18.2 Å². The lowest BCUT2D eigenvalue weighted by molar-refractivity contribution is -0.125. The number of hydrogen-bond donors (Lipinski definition) is 0. The number of alkyl halides is 3. The molecule has 1 aliphatic rings. The molecule has 164 valence electrons. The van der Waals surface area contributed by atoms with Crippen molar-refractivity contribution in [1.29, 1.82) is 0 Å². The third kappa shape index (κ3) is 4.75. The first-order chi connectivity index (χ1) is 14.7. The average molecular weight is 452 g/mol. The minimum atomic E-state index is -4.78. The van der Waals surface area contributed by atoms with Crippen LogP contribution in [-0.2, 0) is 9.08 Å². The smallest absolute Gasteiger partial charge is 0.339 e. The van der Waals surface area contributed by atoms with Gasteiger partial charge in [-0.3, -0.25) is 14.4 Å². The minimum Gasteiger partial charge on any atom is -0.339 e. The van der Waals surface area contributed by atoms with Gasteiger partial charge >= 0.3 is 5.51 Å². The number of imide groups is 1. The van der Waals surface area contributed by atoms with Gasteiger partial charge in [0, 0.05) is 24.6 Å². The summed E-state index contributed by atoms with van der Waals surface area (Å²) in [6, 6.07) is 7.62. The maximum absolute atomic E-state index is 12.6. The molecule has 31 heavy (non-hydrogen) atoms. The molecule has 0 saturated carbocycles. The predicted molar refractivity (Wildman–Crippen MR) is 111 cm³/mol. The molecule has 3 rings (SSSR count). The van der Waals surface area contributed by atoms with Crippen molar-refractivity contribution in [3.05, 3.63) is 53.1 Å². The summed E-state index contributed by atoms with van der Waals surface area (Å²) in [6.45, 7) is 5.04. The van der Waals surface area contributed by atoms with Crippen LogP contribution in [0.15, 0.2) is 36.4 Å². The molecule has 3 amide bonds. The molecule has 10 heteroatoms. The predicted octanol–water partition coefficient (Wildman–Crippen LogP) is 4.81. The molecule has 0 N–H and O–H groups in total. The van der Waals surface area contributed by atoms with Crippen LogP contribution in [0.4, 0.5) is 13.2 Å². The first kappa shape index (κ1) is 22.8. The number of rotatable bonds is 7. The van der Waals surface area contributed by atoms with E-state index >= 15 is 0 Å². The number of carbonyl (C=O) groups excluding carboxylic acids is 3. The van der Waals surface area contributed by atoms with Gasteiger partial charge < -0.3 is 4.90 Å². The van der Waals surface area contributed by atoms with E-state index in [0.29, 0.717) is 29.4 Å². The topological polar surface area (TPSA) is 66.9 Å². The monoisotopic (exact) mass is 452 g/mol. The molecule has 0 fully saturated rings. The third-order valence-electron chi connectivity index (χ3n) is 4.70. The molecule has 0 aromatic heterocycles. The normalized spacial score (nSPS) is 14.0. The van der Waals surface area contributed by atoms with Gasteiger partial charge in [0.1, 0.15) is 12.0 Å². The van der Waals surface area contributed by atoms with Crippen LogP contribution in [-0.4, -0.2) is 46.3 Å². The summed E-state index contributed by atoms with van der Waals surface area (Å²) in [4.78, 5) is 39.3. The van der Waals surface area contributed by atoms with E-state index in [4.69, 9.17) is 0 Å². The van der Waals surface area contributed by atoms with Gasteiger partial charge in [0.05, 0.1) is 11.1 Å². The van der Waals surface area contributed by atoms with E-state index in [1.54, 1.807) is 29.2 Å². The summed E-state index contributed by atoms with van der Waals surface area (Å²) < 4.78 is 41.8. The van der Waals surface area contributed by atoms with Crippen LogP contribution in [0.3, 0.4) is 0 Å². The van der Waals surface area contributed by atoms with Gasteiger partial charge in [0.15, 0.2) is 0 Å². The maximum Gasteiger partial charge on any atom is 0.470 e. The molecule has 6 nitrogen and oxygen atoms in total. The second kappa shape index (κ2) is 9.11. The van der Waals surface area contributed by atoms with Crippen LogP contribution in [0.5, 0.6) is 0 Å². The first-order valence-electron chi connectivity index (χ1n) is 9.52. The number of likely N-dealkylation sites (N-methyl/N-ethyl adjacent to an activating group) is 1. The van der Waals surface area contributed by atoms with Crippen LogP contribution >= 0.6 is 12.0 Å². The SMILES string of the molecule is CCCN(CC)C(=O)/C=C/c1ccc2c3c(cccc13)C(=O)N(OSC(F)(F)F)C2=O. The molecule has 0 unspecified atom stereocenters. The van der Waals surface area contributed by atoms with Crippen molar-refractivity contribution in [2.24, 2.45) is 0 Å². The fourth-order valence-corrected chi connectivity index (χ4v) is 3.64. The van der Waals surface area contributed by atoms with Crippen LogP contribution in [0.1, 0.15) is 46.5 Å². The first-order valence-corrected chi connectivity index (χ1v) is 10.3. The zero-order chi connectivity index (χ0) is 22.8. The Morgan fingerprint density at radius 3 is 2.42 bits per heavy atom. The Hall–Kier alpha value is -2.85. The van der Waals surface area contributed by atoms with Gasteiger partial charge in [-0.1, -0.05) is 25.1 Å². The largest absolute Gasteiger partial charge is 0.470 e. The van der Waals surface area contributed by atoms with E-state index < -0.39 is 29.4 Å². The highest BCUT2D eigenvalue weighted by molar-refractivity contribution is 7.95. The standard InChI is InChI=1S/C21H19F3N2O4S/c1-3-12-25(4-2)17(27)11-9-13-8-10-16-18-14(13)6-5-7-15(18)19(28)26(20(16)29)30-31-21(22,23)24/h5-11H,3-4,12H2,1-2H3/b11-9+. The van der Waals surface area contributed by atoms with Crippen LogP contribution in [0.2, 0.25) is 0 Å². The highest BCUT2D eigenvalue weighted by Crippen LogP contribution is 2.37. The lowest BCUT2D eigenvalue weighted by atomic mass is 9.92. The maximum atomic E-state index is 12.6. The molecule has 1 heterocycles. The lowest BCUT2D eigenvalue weighted by Gasteiger charge is -2.25. The summed E-state index contributed by atoms with van der Waals surface area (Å²) in [5.41, 5.74) is -4.10.